The normalized spacial score (nSPS) is 27.8. The molecule has 0 bridgehead atoms. The van der Waals surface area contributed by atoms with Crippen molar-refractivity contribution in [1.82, 2.24) is 10.3 Å². The molecule has 0 aromatic carbocycles. The minimum Gasteiger partial charge on any atom is -0.378 e. The molecular formula is C14H24N2OS. The smallest absolute Gasteiger partial charge is 0.0896 e. The number of aromatic nitrogens is 1. The molecule has 0 aliphatic carbocycles. The largest absolute Gasteiger partial charge is 0.378 e. The number of hydrogen-bond donors (Lipinski definition) is 1. The zero-order valence-electron chi connectivity index (χ0n) is 11.7. The Labute approximate surface area is 114 Å². The molecule has 0 spiro atoms. The van der Waals surface area contributed by atoms with Crippen molar-refractivity contribution in [2.24, 2.45) is 5.41 Å². The van der Waals surface area contributed by atoms with Crippen molar-refractivity contribution in [1.29, 1.82) is 0 Å². The van der Waals surface area contributed by atoms with Gasteiger partial charge in [0, 0.05) is 29.6 Å². The molecule has 1 aliphatic rings. The van der Waals surface area contributed by atoms with Crippen LogP contribution in [0, 0.1) is 12.3 Å². The van der Waals surface area contributed by atoms with Crippen molar-refractivity contribution >= 4 is 11.3 Å². The predicted molar refractivity (Wildman–Crippen MR) is 76.2 cm³/mol. The van der Waals surface area contributed by atoms with Gasteiger partial charge in [-0.15, -0.1) is 11.3 Å². The van der Waals surface area contributed by atoms with Crippen molar-refractivity contribution in [2.45, 2.75) is 46.1 Å². The second-order valence-corrected chi connectivity index (χ2v) is 6.64. The molecule has 1 aromatic heterocycles. The van der Waals surface area contributed by atoms with Crippen LogP contribution in [0.4, 0.5) is 0 Å². The molecular weight excluding hydrogens is 244 g/mol. The van der Waals surface area contributed by atoms with Crippen LogP contribution in [0.15, 0.2) is 6.20 Å². The Balaban J connectivity index is 2.04. The van der Waals surface area contributed by atoms with E-state index in [1.54, 1.807) is 0 Å². The highest BCUT2D eigenvalue weighted by atomic mass is 32.1. The van der Waals surface area contributed by atoms with Crippen LogP contribution < -0.4 is 5.32 Å². The topological polar surface area (TPSA) is 34.2 Å². The van der Waals surface area contributed by atoms with Crippen LogP contribution in [0.25, 0.3) is 0 Å². The summed E-state index contributed by atoms with van der Waals surface area (Å²) in [6.07, 6.45) is 5.81. The fourth-order valence-corrected chi connectivity index (χ4v) is 3.64. The fourth-order valence-electron chi connectivity index (χ4n) is 2.69. The minimum absolute atomic E-state index is 0.258. The summed E-state index contributed by atoms with van der Waals surface area (Å²) in [5.41, 5.74) is 0.258. The highest BCUT2D eigenvalue weighted by molar-refractivity contribution is 7.11. The summed E-state index contributed by atoms with van der Waals surface area (Å²) < 4.78 is 5.82. The summed E-state index contributed by atoms with van der Waals surface area (Å²) in [5, 5.41) is 4.74. The predicted octanol–water partition coefficient (Wildman–Crippen LogP) is 2.79. The molecule has 4 heteroatoms. The summed E-state index contributed by atoms with van der Waals surface area (Å²) in [7, 11) is 0. The van der Waals surface area contributed by atoms with E-state index in [0.29, 0.717) is 6.10 Å². The second kappa shape index (κ2) is 6.13. The van der Waals surface area contributed by atoms with Gasteiger partial charge in [0.05, 0.1) is 11.1 Å². The summed E-state index contributed by atoms with van der Waals surface area (Å²) in [4.78, 5) is 5.76. The van der Waals surface area contributed by atoms with Gasteiger partial charge < -0.3 is 10.1 Å². The van der Waals surface area contributed by atoms with Crippen LogP contribution in [-0.2, 0) is 11.2 Å². The van der Waals surface area contributed by atoms with Gasteiger partial charge in [-0.25, -0.2) is 4.98 Å². The summed E-state index contributed by atoms with van der Waals surface area (Å²) in [6, 6.07) is 0. The maximum Gasteiger partial charge on any atom is 0.0896 e. The Hall–Kier alpha value is -0.450. The molecule has 18 heavy (non-hydrogen) atoms. The Morgan fingerprint density at radius 1 is 1.61 bits per heavy atom. The molecule has 2 heterocycles. The van der Waals surface area contributed by atoms with E-state index in [2.05, 4.69) is 31.1 Å². The van der Waals surface area contributed by atoms with E-state index >= 15 is 0 Å². The molecule has 0 radical (unpaired) electrons. The Morgan fingerprint density at radius 3 is 3.00 bits per heavy atom. The van der Waals surface area contributed by atoms with Crippen LogP contribution >= 0.6 is 11.3 Å². The standard InChI is InChI=1S/C14H24N2OS/c1-4-6-15-10-14(5-7-17-11(14)2)8-13-9-16-12(3)18-13/h9,11,15H,4-8,10H2,1-3H3. The lowest BCUT2D eigenvalue weighted by Crippen LogP contribution is -2.41. The minimum atomic E-state index is 0.258. The zero-order valence-corrected chi connectivity index (χ0v) is 12.5. The first kappa shape index (κ1) is 14.0. The van der Waals surface area contributed by atoms with Crippen LogP contribution in [0.5, 0.6) is 0 Å². The highest BCUT2D eigenvalue weighted by Gasteiger charge is 2.41. The van der Waals surface area contributed by atoms with Crippen molar-refractivity contribution in [2.75, 3.05) is 19.7 Å². The van der Waals surface area contributed by atoms with Crippen molar-refractivity contribution in [3.05, 3.63) is 16.1 Å². The quantitative estimate of drug-likeness (QED) is 0.806. The lowest BCUT2D eigenvalue weighted by Gasteiger charge is -2.32. The maximum absolute atomic E-state index is 5.82. The number of nitrogens with zero attached hydrogens (tertiary/aromatic N) is 1. The van der Waals surface area contributed by atoms with Crippen molar-refractivity contribution in [3.8, 4) is 0 Å². The SMILES string of the molecule is CCCNCC1(Cc2cnc(C)s2)CCOC1C. The molecule has 1 aliphatic heterocycles. The van der Waals surface area contributed by atoms with Gasteiger partial charge in [-0.1, -0.05) is 6.92 Å². The van der Waals surface area contributed by atoms with Crippen molar-refractivity contribution < 1.29 is 4.74 Å². The molecule has 102 valence electrons. The van der Waals surface area contributed by atoms with E-state index in [1.165, 1.54) is 11.3 Å². The third-order valence-electron chi connectivity index (χ3n) is 3.93. The highest BCUT2D eigenvalue weighted by Crippen LogP contribution is 2.38. The van der Waals surface area contributed by atoms with Crippen LogP contribution in [-0.4, -0.2) is 30.8 Å². The molecule has 0 saturated carbocycles. The molecule has 1 N–H and O–H groups in total. The number of aryl methyl sites for hydroxylation is 1. The van der Waals surface area contributed by atoms with Crippen LogP contribution in [0.2, 0.25) is 0 Å². The van der Waals surface area contributed by atoms with Gasteiger partial charge in [-0.3, -0.25) is 0 Å². The van der Waals surface area contributed by atoms with Crippen LogP contribution in [0.3, 0.4) is 0 Å². The van der Waals surface area contributed by atoms with Crippen LogP contribution in [0.1, 0.15) is 36.6 Å². The third-order valence-corrected chi connectivity index (χ3v) is 4.84. The van der Waals surface area contributed by atoms with Gasteiger partial charge in [0.15, 0.2) is 0 Å². The number of nitrogens with one attached hydrogen (secondary N) is 1. The summed E-state index contributed by atoms with van der Waals surface area (Å²) in [5.74, 6) is 0. The van der Waals surface area contributed by atoms with E-state index in [-0.39, 0.29) is 5.41 Å². The molecule has 3 nitrogen and oxygen atoms in total. The number of ether oxygens (including phenoxy) is 1. The monoisotopic (exact) mass is 268 g/mol. The van der Waals surface area contributed by atoms with E-state index in [0.717, 1.165) is 37.5 Å². The average molecular weight is 268 g/mol. The Morgan fingerprint density at radius 2 is 2.44 bits per heavy atom. The first-order valence-corrected chi connectivity index (χ1v) is 7.71. The van der Waals surface area contributed by atoms with Gasteiger partial charge in [0.2, 0.25) is 0 Å². The van der Waals surface area contributed by atoms with Gasteiger partial charge in [0.25, 0.3) is 0 Å². The molecule has 2 rings (SSSR count). The zero-order chi connectivity index (χ0) is 13.0. The Kier molecular flexibility index (Phi) is 4.76. The summed E-state index contributed by atoms with van der Waals surface area (Å²) in [6.45, 7) is 9.54. The summed E-state index contributed by atoms with van der Waals surface area (Å²) >= 11 is 1.82. The lowest BCUT2D eigenvalue weighted by molar-refractivity contribution is 0.0635. The first-order valence-electron chi connectivity index (χ1n) is 6.90. The number of thiazole rings is 1. The van der Waals surface area contributed by atoms with E-state index in [9.17, 15) is 0 Å². The molecule has 2 atom stereocenters. The van der Waals surface area contributed by atoms with Gasteiger partial charge in [0.1, 0.15) is 0 Å². The second-order valence-electron chi connectivity index (χ2n) is 5.32. The average Bonchev–Trinajstić information content (AvgIpc) is 2.88. The van der Waals surface area contributed by atoms with Gasteiger partial charge >= 0.3 is 0 Å². The van der Waals surface area contributed by atoms with E-state index in [4.69, 9.17) is 4.74 Å². The van der Waals surface area contributed by atoms with Gasteiger partial charge in [-0.05, 0) is 39.7 Å². The molecule has 1 saturated heterocycles. The molecule has 1 fully saturated rings. The molecule has 2 unspecified atom stereocenters. The fraction of sp³-hybridized carbons (Fsp3) is 0.786. The molecule has 1 aromatic rings. The lowest BCUT2D eigenvalue weighted by atomic mass is 9.78. The van der Waals surface area contributed by atoms with E-state index in [1.807, 2.05) is 17.5 Å². The number of rotatable bonds is 6. The van der Waals surface area contributed by atoms with Gasteiger partial charge in [-0.2, -0.15) is 0 Å². The number of hydrogen-bond acceptors (Lipinski definition) is 4. The van der Waals surface area contributed by atoms with E-state index < -0.39 is 0 Å². The maximum atomic E-state index is 5.82. The van der Waals surface area contributed by atoms with Crippen molar-refractivity contribution in [3.63, 3.8) is 0 Å². The molecule has 0 amide bonds. The third kappa shape index (κ3) is 3.11. The first-order chi connectivity index (χ1) is 8.66. The Bertz CT molecular complexity index is 380.